The average Bonchev–Trinajstić information content (AvgIpc) is 2.84. The number of ether oxygens (including phenoxy) is 2. The first-order valence-corrected chi connectivity index (χ1v) is 10.3. The van der Waals surface area contributed by atoms with Crippen LogP contribution in [0, 0.1) is 0 Å². The quantitative estimate of drug-likeness (QED) is 0.449. The Hall–Kier alpha value is -3.57. The Morgan fingerprint density at radius 3 is 2.52 bits per heavy atom. The molecule has 0 bridgehead atoms. The fourth-order valence-electron chi connectivity index (χ4n) is 4.09. The van der Waals surface area contributed by atoms with Gasteiger partial charge in [0.1, 0.15) is 30.1 Å². The molecule has 0 aliphatic carbocycles. The SMILES string of the molecule is COc1ccc(-c2coc3c4c(ccc3c2=O)OCN(C(C)c2ccccc2)C4)cc1. The highest BCUT2D eigenvalue weighted by Crippen LogP contribution is 2.35. The van der Waals surface area contributed by atoms with Crippen molar-refractivity contribution in [3.05, 3.63) is 94.3 Å². The Morgan fingerprint density at radius 1 is 1.00 bits per heavy atom. The van der Waals surface area contributed by atoms with Gasteiger partial charge in [-0.2, -0.15) is 0 Å². The van der Waals surface area contributed by atoms with Crippen molar-refractivity contribution in [2.24, 2.45) is 0 Å². The predicted molar refractivity (Wildman–Crippen MR) is 120 cm³/mol. The molecule has 0 radical (unpaired) electrons. The van der Waals surface area contributed by atoms with Crippen LogP contribution in [0.5, 0.6) is 11.5 Å². The lowest BCUT2D eigenvalue weighted by Crippen LogP contribution is -2.34. The van der Waals surface area contributed by atoms with Crippen LogP contribution in [0.15, 0.2) is 82.2 Å². The van der Waals surface area contributed by atoms with Crippen molar-refractivity contribution >= 4 is 11.0 Å². The van der Waals surface area contributed by atoms with Crippen LogP contribution in [0.3, 0.4) is 0 Å². The molecule has 1 aromatic heterocycles. The summed E-state index contributed by atoms with van der Waals surface area (Å²) in [7, 11) is 1.62. The topological polar surface area (TPSA) is 51.9 Å². The van der Waals surface area contributed by atoms with E-state index in [0.717, 1.165) is 22.6 Å². The Labute approximate surface area is 180 Å². The van der Waals surface area contributed by atoms with Gasteiger partial charge in [-0.1, -0.05) is 42.5 Å². The smallest absolute Gasteiger partial charge is 0.200 e. The molecule has 2 heterocycles. The van der Waals surface area contributed by atoms with E-state index in [2.05, 4.69) is 24.0 Å². The number of nitrogens with zero attached hydrogens (tertiary/aromatic N) is 1. The normalized spacial score (nSPS) is 14.6. The van der Waals surface area contributed by atoms with E-state index in [1.165, 1.54) is 5.56 Å². The minimum absolute atomic E-state index is 0.0533. The van der Waals surface area contributed by atoms with Crippen molar-refractivity contribution < 1.29 is 13.9 Å². The summed E-state index contributed by atoms with van der Waals surface area (Å²) in [5, 5.41) is 0.560. The lowest BCUT2D eigenvalue weighted by Gasteiger charge is -2.34. The Morgan fingerprint density at radius 2 is 1.77 bits per heavy atom. The molecule has 5 nitrogen and oxygen atoms in total. The van der Waals surface area contributed by atoms with E-state index in [9.17, 15) is 4.79 Å². The van der Waals surface area contributed by atoms with E-state index in [4.69, 9.17) is 13.9 Å². The molecule has 0 saturated heterocycles. The van der Waals surface area contributed by atoms with Crippen molar-refractivity contribution in [1.82, 2.24) is 4.90 Å². The fourth-order valence-corrected chi connectivity index (χ4v) is 4.09. The van der Waals surface area contributed by atoms with Crippen molar-refractivity contribution in [3.63, 3.8) is 0 Å². The molecule has 4 aromatic rings. The molecule has 0 spiro atoms. The summed E-state index contributed by atoms with van der Waals surface area (Å²) in [5.74, 6) is 1.51. The maximum atomic E-state index is 13.3. The van der Waals surface area contributed by atoms with Gasteiger partial charge in [0, 0.05) is 12.6 Å². The molecule has 156 valence electrons. The monoisotopic (exact) mass is 413 g/mol. The Bertz CT molecular complexity index is 1280. The largest absolute Gasteiger partial charge is 0.497 e. The predicted octanol–water partition coefficient (Wildman–Crippen LogP) is 5.38. The molecule has 1 atom stereocenters. The zero-order chi connectivity index (χ0) is 21.4. The zero-order valence-electron chi connectivity index (χ0n) is 17.5. The standard InChI is InChI=1S/C26H23NO4/c1-17(18-6-4-3-5-7-18)27-14-22-24(31-16-27)13-12-21-25(28)23(15-30-26(21)22)19-8-10-20(29-2)11-9-19/h3-13,15,17H,14,16H2,1-2H3. The summed E-state index contributed by atoms with van der Waals surface area (Å²) in [4.78, 5) is 15.5. The average molecular weight is 413 g/mol. The molecule has 3 aromatic carbocycles. The van der Waals surface area contributed by atoms with Crippen LogP contribution in [0.1, 0.15) is 24.1 Å². The van der Waals surface area contributed by atoms with E-state index in [-0.39, 0.29) is 11.5 Å². The van der Waals surface area contributed by atoms with Crippen molar-refractivity contribution in [1.29, 1.82) is 0 Å². The van der Waals surface area contributed by atoms with Gasteiger partial charge in [0.05, 0.1) is 23.6 Å². The minimum atomic E-state index is -0.0533. The van der Waals surface area contributed by atoms with Gasteiger partial charge >= 0.3 is 0 Å². The molecule has 0 N–H and O–H groups in total. The second-order valence-electron chi connectivity index (χ2n) is 7.73. The third-order valence-electron chi connectivity index (χ3n) is 5.98. The maximum absolute atomic E-state index is 13.3. The minimum Gasteiger partial charge on any atom is -0.497 e. The maximum Gasteiger partial charge on any atom is 0.200 e. The zero-order valence-corrected chi connectivity index (χ0v) is 17.5. The van der Waals surface area contributed by atoms with Gasteiger partial charge in [-0.15, -0.1) is 0 Å². The Kier molecular flexibility index (Phi) is 4.96. The first-order chi connectivity index (χ1) is 15.2. The lowest BCUT2D eigenvalue weighted by molar-refractivity contribution is 0.0620. The van der Waals surface area contributed by atoms with Crippen molar-refractivity contribution in [2.45, 2.75) is 19.5 Å². The number of hydrogen-bond donors (Lipinski definition) is 0. The van der Waals surface area contributed by atoms with Gasteiger partial charge in [-0.3, -0.25) is 9.69 Å². The highest BCUT2D eigenvalue weighted by Gasteiger charge is 2.26. The molecule has 0 amide bonds. The number of rotatable bonds is 4. The molecule has 5 heteroatoms. The highest BCUT2D eigenvalue weighted by atomic mass is 16.5. The molecular formula is C26H23NO4. The summed E-state index contributed by atoms with van der Waals surface area (Å²) >= 11 is 0. The molecule has 0 fully saturated rings. The lowest BCUT2D eigenvalue weighted by atomic mass is 10.0. The summed E-state index contributed by atoms with van der Waals surface area (Å²) in [6.45, 7) is 3.29. The second kappa shape index (κ2) is 7.93. The van der Waals surface area contributed by atoms with Gasteiger partial charge in [-0.25, -0.2) is 0 Å². The first-order valence-electron chi connectivity index (χ1n) is 10.3. The number of benzene rings is 3. The fraction of sp³-hybridized carbons (Fsp3) is 0.192. The van der Waals surface area contributed by atoms with E-state index in [1.807, 2.05) is 48.5 Å². The second-order valence-corrected chi connectivity index (χ2v) is 7.73. The van der Waals surface area contributed by atoms with Crippen molar-refractivity contribution in [3.8, 4) is 22.6 Å². The van der Waals surface area contributed by atoms with Crippen LogP contribution in [0.2, 0.25) is 0 Å². The molecule has 1 aliphatic rings. The molecular weight excluding hydrogens is 390 g/mol. The molecule has 1 unspecified atom stereocenters. The summed E-state index contributed by atoms with van der Waals surface area (Å²) in [5.41, 5.74) is 3.99. The summed E-state index contributed by atoms with van der Waals surface area (Å²) in [6, 6.07) is 21.6. The molecule has 31 heavy (non-hydrogen) atoms. The van der Waals surface area contributed by atoms with Crippen LogP contribution in [0.25, 0.3) is 22.1 Å². The summed E-state index contributed by atoms with van der Waals surface area (Å²) < 4.78 is 17.3. The van der Waals surface area contributed by atoms with Crippen molar-refractivity contribution in [2.75, 3.05) is 13.8 Å². The van der Waals surface area contributed by atoms with Gasteiger partial charge in [-0.05, 0) is 42.3 Å². The highest BCUT2D eigenvalue weighted by molar-refractivity contribution is 5.85. The first kappa shape index (κ1) is 19.4. The van der Waals surface area contributed by atoms with E-state index < -0.39 is 0 Å². The number of fused-ring (bicyclic) bond motifs is 3. The van der Waals surface area contributed by atoms with Gasteiger partial charge in [0.15, 0.2) is 0 Å². The van der Waals surface area contributed by atoms with Crippen LogP contribution in [-0.2, 0) is 6.54 Å². The molecule has 5 rings (SSSR count). The Balaban J connectivity index is 1.53. The molecule has 1 aliphatic heterocycles. The molecule has 0 saturated carbocycles. The van der Waals surface area contributed by atoms with E-state index in [1.54, 1.807) is 19.4 Å². The van der Waals surface area contributed by atoms with E-state index >= 15 is 0 Å². The van der Waals surface area contributed by atoms with Gasteiger partial charge < -0.3 is 13.9 Å². The van der Waals surface area contributed by atoms with Crippen LogP contribution in [-0.4, -0.2) is 18.7 Å². The summed E-state index contributed by atoms with van der Waals surface area (Å²) in [6.07, 6.45) is 1.55. The number of methoxy groups -OCH3 is 1. The number of hydrogen-bond acceptors (Lipinski definition) is 5. The van der Waals surface area contributed by atoms with Crippen LogP contribution >= 0.6 is 0 Å². The van der Waals surface area contributed by atoms with E-state index in [0.29, 0.717) is 29.8 Å². The van der Waals surface area contributed by atoms with Gasteiger partial charge in [0.25, 0.3) is 0 Å². The van der Waals surface area contributed by atoms with Crippen LogP contribution in [0.4, 0.5) is 0 Å². The third-order valence-corrected chi connectivity index (χ3v) is 5.98. The van der Waals surface area contributed by atoms with Gasteiger partial charge in [0.2, 0.25) is 5.43 Å². The third kappa shape index (κ3) is 3.47. The van der Waals surface area contributed by atoms with Crippen LogP contribution < -0.4 is 14.9 Å².